The van der Waals surface area contributed by atoms with Crippen molar-refractivity contribution in [2.75, 3.05) is 0 Å². The minimum Gasteiger partial charge on any atom is -0.118 e. The molecule has 1 heteroatoms. The van der Waals surface area contributed by atoms with E-state index >= 15 is 0 Å². The highest BCUT2D eigenvalue weighted by Crippen LogP contribution is 2.22. The molecule has 0 amide bonds. The van der Waals surface area contributed by atoms with Gasteiger partial charge in [-0.15, -0.1) is 24.2 Å². The van der Waals surface area contributed by atoms with E-state index in [1.807, 2.05) is 0 Å². The molecule has 0 aliphatic heterocycles. The van der Waals surface area contributed by atoms with Gasteiger partial charge in [0.25, 0.3) is 0 Å². The van der Waals surface area contributed by atoms with Gasteiger partial charge >= 0.3 is 0 Å². The first-order valence-electron chi connectivity index (χ1n) is 5.37. The lowest BCUT2D eigenvalue weighted by Crippen LogP contribution is -1.85. The number of hydrogen-bond acceptors (Lipinski definition) is 1. The van der Waals surface area contributed by atoms with Crippen LogP contribution in [0.4, 0.5) is 0 Å². The van der Waals surface area contributed by atoms with E-state index in [2.05, 4.69) is 24.8 Å². The van der Waals surface area contributed by atoms with E-state index in [9.17, 15) is 0 Å². The summed E-state index contributed by atoms with van der Waals surface area (Å²) in [6.45, 7) is 2.22. The van der Waals surface area contributed by atoms with E-state index in [4.69, 9.17) is 12.8 Å². The highest BCUT2D eigenvalue weighted by Gasteiger charge is 2.05. The number of thiophene rings is 1. The first-order valence-corrected chi connectivity index (χ1v) is 6.19. The quantitative estimate of drug-likeness (QED) is 0.518. The van der Waals surface area contributed by atoms with E-state index in [0.717, 1.165) is 16.2 Å². The van der Waals surface area contributed by atoms with Crippen LogP contribution in [0.3, 0.4) is 0 Å². The second kappa shape index (κ2) is 6.33. The van der Waals surface area contributed by atoms with Gasteiger partial charge < -0.3 is 0 Å². The third kappa shape index (κ3) is 3.46. The molecule has 0 aromatic carbocycles. The minimum absolute atomic E-state index is 0.952. The van der Waals surface area contributed by atoms with Crippen molar-refractivity contribution in [1.82, 2.24) is 0 Å². The maximum absolute atomic E-state index is 5.44. The van der Waals surface area contributed by atoms with Crippen molar-refractivity contribution in [1.29, 1.82) is 0 Å². The van der Waals surface area contributed by atoms with Crippen molar-refractivity contribution < 1.29 is 0 Å². The van der Waals surface area contributed by atoms with Gasteiger partial charge in [-0.3, -0.25) is 0 Å². The Morgan fingerprint density at radius 2 is 2.00 bits per heavy atom. The Kier molecular flexibility index (Phi) is 5.02. The monoisotopic (exact) mass is 216 g/mol. The van der Waals surface area contributed by atoms with Crippen molar-refractivity contribution >= 4 is 11.3 Å². The average Bonchev–Trinajstić information content (AvgIpc) is 2.67. The second-order valence-corrected chi connectivity index (χ2v) is 4.62. The first kappa shape index (κ1) is 11.9. The summed E-state index contributed by atoms with van der Waals surface area (Å²) in [5.74, 6) is 5.36. The summed E-state index contributed by atoms with van der Waals surface area (Å²) in [4.78, 5) is 1.97. The number of terminal acetylenes is 2. The van der Waals surface area contributed by atoms with Gasteiger partial charge in [-0.05, 0) is 24.5 Å². The molecule has 0 N–H and O–H groups in total. The Bertz CT molecular complexity index is 384. The van der Waals surface area contributed by atoms with Crippen LogP contribution >= 0.6 is 11.3 Å². The molecule has 1 heterocycles. The second-order valence-electron chi connectivity index (χ2n) is 3.56. The maximum Gasteiger partial charge on any atom is 0.0811 e. The molecule has 0 nitrogen and oxygen atoms in total. The molecule has 0 spiro atoms. The Morgan fingerprint density at radius 3 is 2.60 bits per heavy atom. The molecule has 0 atom stereocenters. The van der Waals surface area contributed by atoms with Crippen LogP contribution in [0.1, 0.15) is 47.9 Å². The van der Waals surface area contributed by atoms with Gasteiger partial charge in [0.15, 0.2) is 0 Å². The molecule has 78 valence electrons. The standard InChI is InChI=1S/C14H16S/c1-4-7-8-9-10-12-11-13(5-2)15-14(12)6-3/h2-3,11H,4,7-10H2,1H3. The Hall–Kier alpha value is -1.18. The van der Waals surface area contributed by atoms with Gasteiger partial charge in [-0.2, -0.15) is 0 Å². The van der Waals surface area contributed by atoms with Crippen LogP contribution in [0, 0.1) is 24.7 Å². The predicted molar refractivity (Wildman–Crippen MR) is 68.0 cm³/mol. The Balaban J connectivity index is 2.57. The SMILES string of the molecule is C#Cc1cc(CCCCCC)c(C#C)s1. The molecule has 1 aromatic rings. The van der Waals surface area contributed by atoms with Crippen LogP contribution in [0.5, 0.6) is 0 Å². The van der Waals surface area contributed by atoms with E-state index < -0.39 is 0 Å². The van der Waals surface area contributed by atoms with E-state index in [-0.39, 0.29) is 0 Å². The molecule has 0 saturated heterocycles. The summed E-state index contributed by atoms with van der Waals surface area (Å²) in [6, 6.07) is 2.06. The van der Waals surface area contributed by atoms with Crippen LogP contribution in [-0.2, 0) is 6.42 Å². The molecule has 0 saturated carbocycles. The lowest BCUT2D eigenvalue weighted by atomic mass is 10.1. The number of rotatable bonds is 5. The normalized spacial score (nSPS) is 9.53. The Morgan fingerprint density at radius 1 is 1.20 bits per heavy atom. The number of hydrogen-bond donors (Lipinski definition) is 0. The van der Waals surface area contributed by atoms with Crippen molar-refractivity contribution in [2.45, 2.75) is 39.0 Å². The molecule has 0 radical (unpaired) electrons. The Labute approximate surface area is 96.7 Å². The van der Waals surface area contributed by atoms with Crippen LogP contribution in [0.15, 0.2) is 6.07 Å². The lowest BCUT2D eigenvalue weighted by molar-refractivity contribution is 0.667. The third-order valence-electron chi connectivity index (χ3n) is 2.38. The zero-order valence-corrected chi connectivity index (χ0v) is 9.99. The van der Waals surface area contributed by atoms with Crippen molar-refractivity contribution in [3.63, 3.8) is 0 Å². The summed E-state index contributed by atoms with van der Waals surface area (Å²) in [7, 11) is 0. The topological polar surface area (TPSA) is 0 Å². The van der Waals surface area contributed by atoms with Crippen LogP contribution in [0.2, 0.25) is 0 Å². The van der Waals surface area contributed by atoms with Crippen molar-refractivity contribution in [3.05, 3.63) is 21.4 Å². The summed E-state index contributed by atoms with van der Waals surface area (Å²) >= 11 is 1.55. The predicted octanol–water partition coefficient (Wildman–Crippen LogP) is 3.83. The minimum atomic E-state index is 0.952. The molecular formula is C14H16S. The summed E-state index contributed by atoms with van der Waals surface area (Å²) in [5.41, 5.74) is 1.26. The lowest BCUT2D eigenvalue weighted by Gasteiger charge is -1.98. The summed E-state index contributed by atoms with van der Waals surface area (Å²) in [6.07, 6.45) is 16.9. The number of unbranched alkanes of at least 4 members (excludes halogenated alkanes) is 3. The van der Waals surface area contributed by atoms with Crippen molar-refractivity contribution in [3.8, 4) is 24.7 Å². The first-order chi connectivity index (χ1) is 7.31. The van der Waals surface area contributed by atoms with Gasteiger partial charge in [-0.25, -0.2) is 0 Å². The molecule has 15 heavy (non-hydrogen) atoms. The number of aryl methyl sites for hydroxylation is 1. The van der Waals surface area contributed by atoms with Crippen LogP contribution in [0.25, 0.3) is 0 Å². The molecule has 1 aromatic heterocycles. The molecule has 0 bridgehead atoms. The molecule has 0 aliphatic carbocycles. The molecule has 0 unspecified atom stereocenters. The highest BCUT2D eigenvalue weighted by atomic mass is 32.1. The molecule has 0 aliphatic rings. The zero-order valence-electron chi connectivity index (χ0n) is 9.18. The maximum atomic E-state index is 5.44. The molecule has 0 fully saturated rings. The van der Waals surface area contributed by atoms with Crippen LogP contribution < -0.4 is 0 Å². The largest absolute Gasteiger partial charge is 0.118 e. The van der Waals surface area contributed by atoms with Gasteiger partial charge in [0.1, 0.15) is 0 Å². The van der Waals surface area contributed by atoms with E-state index in [0.29, 0.717) is 0 Å². The van der Waals surface area contributed by atoms with Gasteiger partial charge in [-0.1, -0.05) is 38.0 Å². The fourth-order valence-electron chi connectivity index (χ4n) is 1.55. The van der Waals surface area contributed by atoms with Gasteiger partial charge in [0.05, 0.1) is 9.75 Å². The van der Waals surface area contributed by atoms with E-state index in [1.165, 1.54) is 31.2 Å². The van der Waals surface area contributed by atoms with Gasteiger partial charge in [0, 0.05) is 0 Å². The average molecular weight is 216 g/mol. The van der Waals surface area contributed by atoms with E-state index in [1.54, 1.807) is 11.3 Å². The third-order valence-corrected chi connectivity index (χ3v) is 3.42. The highest BCUT2D eigenvalue weighted by molar-refractivity contribution is 7.13. The van der Waals surface area contributed by atoms with Gasteiger partial charge in [0.2, 0.25) is 0 Å². The van der Waals surface area contributed by atoms with Crippen LogP contribution in [-0.4, -0.2) is 0 Å². The fourth-order valence-corrected chi connectivity index (χ4v) is 2.38. The smallest absolute Gasteiger partial charge is 0.0811 e. The zero-order chi connectivity index (χ0) is 11.1. The summed E-state index contributed by atoms with van der Waals surface area (Å²) in [5, 5.41) is 0. The van der Waals surface area contributed by atoms with Crippen molar-refractivity contribution in [2.24, 2.45) is 0 Å². The summed E-state index contributed by atoms with van der Waals surface area (Å²) < 4.78 is 0. The molecular weight excluding hydrogens is 200 g/mol. The molecule has 1 rings (SSSR count). The fraction of sp³-hybridized carbons (Fsp3) is 0.429.